The Morgan fingerprint density at radius 3 is 2.50 bits per heavy atom. The zero-order valence-corrected chi connectivity index (χ0v) is 18.4. The van der Waals surface area contributed by atoms with Crippen LogP contribution in [0.5, 0.6) is 5.75 Å². The molecule has 0 fully saturated rings. The van der Waals surface area contributed by atoms with Gasteiger partial charge in [-0.05, 0) is 60.7 Å². The van der Waals surface area contributed by atoms with Crippen LogP contribution in [0.15, 0.2) is 87.1 Å². The molecule has 0 radical (unpaired) electrons. The van der Waals surface area contributed by atoms with Crippen LogP contribution >= 0.6 is 11.3 Å². The Balaban J connectivity index is 1.33. The van der Waals surface area contributed by atoms with Gasteiger partial charge in [0.1, 0.15) is 18.1 Å². The fourth-order valence-corrected chi connectivity index (χ4v) is 4.29. The Bertz CT molecular complexity index is 1250. The number of nitrogens with one attached hydrogen (secondary N) is 2. The molecule has 4 aromatic rings. The van der Waals surface area contributed by atoms with Gasteiger partial charge in [-0.15, -0.1) is 11.3 Å². The minimum absolute atomic E-state index is 0.0529. The average molecular weight is 470 g/mol. The summed E-state index contributed by atoms with van der Waals surface area (Å²) in [6, 6.07) is 16.0. The highest BCUT2D eigenvalue weighted by molar-refractivity contribution is 7.89. The lowest BCUT2D eigenvalue weighted by Gasteiger charge is -2.09. The maximum atomic E-state index is 12.5. The second-order valence-electron chi connectivity index (χ2n) is 6.68. The van der Waals surface area contributed by atoms with Crippen LogP contribution in [0.1, 0.15) is 21.8 Å². The molecule has 1 amide bonds. The van der Waals surface area contributed by atoms with E-state index in [1.54, 1.807) is 41.9 Å². The normalized spacial score (nSPS) is 11.2. The summed E-state index contributed by atoms with van der Waals surface area (Å²) in [7, 11) is -3.70. The molecule has 0 bridgehead atoms. The first kappa shape index (κ1) is 21.8. The second-order valence-corrected chi connectivity index (χ2v) is 9.16. The second kappa shape index (κ2) is 9.77. The molecule has 4 rings (SSSR count). The highest BCUT2D eigenvalue weighted by Crippen LogP contribution is 2.18. The highest BCUT2D eigenvalue weighted by Gasteiger charge is 2.15. The van der Waals surface area contributed by atoms with Crippen LogP contribution in [0.4, 0.5) is 5.69 Å². The van der Waals surface area contributed by atoms with Crippen molar-refractivity contribution in [3.63, 3.8) is 0 Å². The molecule has 2 aromatic heterocycles. The first-order chi connectivity index (χ1) is 15.5. The molecule has 32 heavy (non-hydrogen) atoms. The lowest BCUT2D eigenvalue weighted by Crippen LogP contribution is -2.23. The van der Waals surface area contributed by atoms with Gasteiger partial charge >= 0.3 is 0 Å². The van der Waals surface area contributed by atoms with Crippen molar-refractivity contribution in [1.82, 2.24) is 9.71 Å². The summed E-state index contributed by atoms with van der Waals surface area (Å²) in [6.45, 7) is 0.415. The van der Waals surface area contributed by atoms with Crippen LogP contribution < -0.4 is 14.8 Å². The van der Waals surface area contributed by atoms with Crippen LogP contribution in [0.25, 0.3) is 0 Å². The van der Waals surface area contributed by atoms with E-state index in [1.807, 2.05) is 5.38 Å². The zero-order chi connectivity index (χ0) is 22.4. The fourth-order valence-electron chi connectivity index (χ4n) is 2.75. The van der Waals surface area contributed by atoms with E-state index in [1.165, 1.54) is 41.9 Å². The lowest BCUT2D eigenvalue weighted by atomic mass is 10.2. The average Bonchev–Trinajstić information content (AvgIpc) is 3.51. The van der Waals surface area contributed by atoms with Gasteiger partial charge in [-0.3, -0.25) is 4.79 Å². The van der Waals surface area contributed by atoms with Gasteiger partial charge in [0.05, 0.1) is 28.9 Å². The predicted molar refractivity (Wildman–Crippen MR) is 120 cm³/mol. The molecule has 2 heterocycles. The van der Waals surface area contributed by atoms with E-state index in [4.69, 9.17) is 9.15 Å². The number of carbonyl (C=O) groups is 1. The molecule has 0 saturated carbocycles. The van der Waals surface area contributed by atoms with E-state index in [2.05, 4.69) is 15.0 Å². The number of nitrogens with zero attached hydrogens (tertiary/aromatic N) is 1. The first-order valence-electron chi connectivity index (χ1n) is 9.53. The Morgan fingerprint density at radius 2 is 1.84 bits per heavy atom. The quantitative estimate of drug-likeness (QED) is 0.383. The highest BCUT2D eigenvalue weighted by atomic mass is 32.2. The number of amides is 1. The van der Waals surface area contributed by atoms with Crippen molar-refractivity contribution in [3.05, 3.63) is 94.8 Å². The number of furan rings is 1. The third-order valence-corrected chi connectivity index (χ3v) is 6.48. The standard InChI is InChI=1S/C22H19N3O5S2/c26-22(16-3-7-19(8-4-16)30-13-18-14-31-15-23-18)25-17-5-9-21(10-6-17)32(27,28)24-12-20-2-1-11-29-20/h1-11,14-15,24H,12-13H2,(H,25,26). The van der Waals surface area contributed by atoms with Crippen LogP contribution in [0.2, 0.25) is 0 Å². The molecule has 2 aromatic carbocycles. The molecule has 0 unspecified atom stereocenters. The van der Waals surface area contributed by atoms with Gasteiger partial charge in [0.15, 0.2) is 0 Å². The minimum atomic E-state index is -3.70. The number of sulfonamides is 1. The Kier molecular flexibility index (Phi) is 6.64. The summed E-state index contributed by atoms with van der Waals surface area (Å²) in [4.78, 5) is 16.7. The number of benzene rings is 2. The molecule has 0 spiro atoms. The van der Waals surface area contributed by atoms with E-state index in [0.29, 0.717) is 29.4 Å². The van der Waals surface area contributed by atoms with Crippen LogP contribution in [-0.2, 0) is 23.2 Å². The van der Waals surface area contributed by atoms with E-state index in [0.717, 1.165) is 5.69 Å². The third kappa shape index (κ3) is 5.61. The molecule has 0 aliphatic heterocycles. The van der Waals surface area contributed by atoms with Gasteiger partial charge < -0.3 is 14.5 Å². The van der Waals surface area contributed by atoms with Crippen LogP contribution in [0, 0.1) is 0 Å². The molecule has 8 nitrogen and oxygen atoms in total. The molecule has 0 atom stereocenters. The maximum Gasteiger partial charge on any atom is 0.255 e. The summed E-state index contributed by atoms with van der Waals surface area (Å²) in [6.07, 6.45) is 1.48. The number of hydrogen-bond donors (Lipinski definition) is 2. The maximum absolute atomic E-state index is 12.5. The molecular formula is C22H19N3O5S2. The van der Waals surface area contributed by atoms with Crippen LogP contribution in [0.3, 0.4) is 0 Å². The molecular weight excluding hydrogens is 450 g/mol. The minimum Gasteiger partial charge on any atom is -0.487 e. The number of anilines is 1. The van der Waals surface area contributed by atoms with Gasteiger partial charge in [0, 0.05) is 16.6 Å². The molecule has 10 heteroatoms. The Labute approximate surface area is 188 Å². The fraction of sp³-hybridized carbons (Fsp3) is 0.0909. The van der Waals surface area contributed by atoms with Crippen molar-refractivity contribution in [2.24, 2.45) is 0 Å². The molecule has 0 aliphatic rings. The van der Waals surface area contributed by atoms with Crippen molar-refractivity contribution >= 4 is 33.0 Å². The number of rotatable bonds is 9. The van der Waals surface area contributed by atoms with Crippen molar-refractivity contribution in [2.45, 2.75) is 18.0 Å². The molecule has 0 aliphatic carbocycles. The Morgan fingerprint density at radius 1 is 1.06 bits per heavy atom. The van der Waals surface area contributed by atoms with E-state index in [9.17, 15) is 13.2 Å². The Hall–Kier alpha value is -3.47. The van der Waals surface area contributed by atoms with Crippen LogP contribution in [-0.4, -0.2) is 19.3 Å². The van der Waals surface area contributed by atoms with Crippen molar-refractivity contribution in [3.8, 4) is 5.75 Å². The number of carbonyl (C=O) groups excluding carboxylic acids is 1. The van der Waals surface area contributed by atoms with Crippen molar-refractivity contribution in [1.29, 1.82) is 0 Å². The summed E-state index contributed by atoms with van der Waals surface area (Å²) in [5, 5.41) is 4.66. The number of thiazole rings is 1. The van der Waals surface area contributed by atoms with E-state index in [-0.39, 0.29) is 17.3 Å². The smallest absolute Gasteiger partial charge is 0.255 e. The number of hydrogen-bond acceptors (Lipinski definition) is 7. The monoisotopic (exact) mass is 469 g/mol. The molecule has 164 valence electrons. The largest absolute Gasteiger partial charge is 0.487 e. The molecule has 2 N–H and O–H groups in total. The van der Waals surface area contributed by atoms with Gasteiger partial charge in [-0.1, -0.05) is 0 Å². The first-order valence-corrected chi connectivity index (χ1v) is 12.0. The van der Waals surface area contributed by atoms with Crippen molar-refractivity contribution in [2.75, 3.05) is 5.32 Å². The summed E-state index contributed by atoms with van der Waals surface area (Å²) < 4.78 is 38.0. The van der Waals surface area contributed by atoms with E-state index >= 15 is 0 Å². The predicted octanol–water partition coefficient (Wildman–Crippen LogP) is 4.05. The lowest BCUT2D eigenvalue weighted by molar-refractivity contribution is 0.102. The third-order valence-electron chi connectivity index (χ3n) is 4.43. The number of ether oxygens (including phenoxy) is 1. The molecule has 0 saturated heterocycles. The summed E-state index contributed by atoms with van der Waals surface area (Å²) in [5.41, 5.74) is 3.51. The summed E-state index contributed by atoms with van der Waals surface area (Å²) in [5.74, 6) is 0.825. The van der Waals surface area contributed by atoms with Gasteiger partial charge in [-0.25, -0.2) is 18.1 Å². The van der Waals surface area contributed by atoms with Gasteiger partial charge in [0.2, 0.25) is 10.0 Å². The van der Waals surface area contributed by atoms with Crippen molar-refractivity contribution < 1.29 is 22.4 Å². The zero-order valence-electron chi connectivity index (χ0n) is 16.7. The summed E-state index contributed by atoms with van der Waals surface area (Å²) >= 11 is 1.50. The van der Waals surface area contributed by atoms with E-state index < -0.39 is 10.0 Å². The van der Waals surface area contributed by atoms with Gasteiger partial charge in [0.25, 0.3) is 5.91 Å². The topological polar surface area (TPSA) is 111 Å². The SMILES string of the molecule is O=C(Nc1ccc(S(=O)(=O)NCc2ccco2)cc1)c1ccc(OCc2cscn2)cc1. The number of aromatic nitrogens is 1. The van der Waals surface area contributed by atoms with Gasteiger partial charge in [-0.2, -0.15) is 0 Å².